The van der Waals surface area contributed by atoms with Crippen molar-refractivity contribution in [2.75, 3.05) is 0 Å². The van der Waals surface area contributed by atoms with E-state index in [9.17, 15) is 0 Å². The summed E-state index contributed by atoms with van der Waals surface area (Å²) in [4.78, 5) is 0. The van der Waals surface area contributed by atoms with E-state index in [0.29, 0.717) is 10.1 Å². The summed E-state index contributed by atoms with van der Waals surface area (Å²) in [5.41, 5.74) is 1.82. The van der Waals surface area contributed by atoms with Crippen LogP contribution in [-0.4, -0.2) is 0 Å². The van der Waals surface area contributed by atoms with Gasteiger partial charge in [0.2, 0.25) is 0 Å². The van der Waals surface area contributed by atoms with Crippen LogP contribution in [0.3, 0.4) is 0 Å². The third kappa shape index (κ3) is 4.28. The fraction of sp³-hybridized carbons (Fsp3) is 0.333. The van der Waals surface area contributed by atoms with E-state index in [2.05, 4.69) is 6.58 Å². The largest absolute Gasteiger partial charge is 0.0961 e. The Labute approximate surface area is 78.2 Å². The number of allylic oxidation sites excluding steroid dienone is 5. The monoisotopic (exact) mass is 190 g/mol. The lowest BCUT2D eigenvalue weighted by Crippen LogP contribution is -1.78. The average molecular weight is 191 g/mol. The second kappa shape index (κ2) is 4.63. The molecule has 0 N–H and O–H groups in total. The van der Waals surface area contributed by atoms with E-state index in [-0.39, 0.29) is 0 Å². The minimum atomic E-state index is 0.657. The topological polar surface area (TPSA) is 0 Å². The molecule has 0 aromatic heterocycles. The van der Waals surface area contributed by atoms with Crippen molar-refractivity contribution in [1.29, 1.82) is 0 Å². The molecule has 0 aromatic carbocycles. The molecule has 0 fully saturated rings. The molecule has 0 radical (unpaired) electrons. The minimum absolute atomic E-state index is 0.657. The van der Waals surface area contributed by atoms with Gasteiger partial charge in [0.15, 0.2) is 0 Å². The highest BCUT2D eigenvalue weighted by molar-refractivity contribution is 6.35. The molecular weight excluding hydrogens is 179 g/mol. The molecule has 0 aromatic rings. The van der Waals surface area contributed by atoms with Crippen LogP contribution in [0.2, 0.25) is 0 Å². The quantitative estimate of drug-likeness (QED) is 0.573. The SMILES string of the molecule is C=C(C)C=C(Cl)C(C)=C(C)Cl. The van der Waals surface area contributed by atoms with Crippen molar-refractivity contribution in [2.24, 2.45) is 0 Å². The highest BCUT2D eigenvalue weighted by Gasteiger charge is 1.97. The molecule has 0 bridgehead atoms. The number of rotatable bonds is 2. The van der Waals surface area contributed by atoms with Crippen LogP contribution in [0, 0.1) is 0 Å². The zero-order valence-electron chi connectivity index (χ0n) is 7.04. The maximum absolute atomic E-state index is 5.88. The molecule has 0 aliphatic rings. The van der Waals surface area contributed by atoms with E-state index >= 15 is 0 Å². The summed E-state index contributed by atoms with van der Waals surface area (Å²) in [5.74, 6) is 0. The number of halogens is 2. The van der Waals surface area contributed by atoms with Gasteiger partial charge in [-0.2, -0.15) is 0 Å². The van der Waals surface area contributed by atoms with Crippen molar-refractivity contribution in [1.82, 2.24) is 0 Å². The van der Waals surface area contributed by atoms with Crippen molar-refractivity contribution >= 4 is 23.2 Å². The summed E-state index contributed by atoms with van der Waals surface area (Å²) in [6.07, 6.45) is 1.79. The van der Waals surface area contributed by atoms with Crippen molar-refractivity contribution in [2.45, 2.75) is 20.8 Å². The molecule has 0 saturated carbocycles. The Kier molecular flexibility index (Phi) is 4.55. The summed E-state index contributed by atoms with van der Waals surface area (Å²) in [6, 6.07) is 0. The van der Waals surface area contributed by atoms with Crippen LogP contribution in [0.5, 0.6) is 0 Å². The van der Waals surface area contributed by atoms with E-state index < -0.39 is 0 Å². The molecule has 0 atom stereocenters. The number of hydrogen-bond donors (Lipinski definition) is 0. The summed E-state index contributed by atoms with van der Waals surface area (Å²) in [5, 5.41) is 1.37. The van der Waals surface area contributed by atoms with Gasteiger partial charge in [0.05, 0.1) is 0 Å². The van der Waals surface area contributed by atoms with Gasteiger partial charge in [0.1, 0.15) is 0 Å². The Balaban J connectivity index is 4.63. The van der Waals surface area contributed by atoms with Gasteiger partial charge in [-0.1, -0.05) is 35.4 Å². The molecule has 0 aliphatic heterocycles. The first-order valence-corrected chi connectivity index (χ1v) is 4.06. The second-order valence-electron chi connectivity index (χ2n) is 2.50. The molecule has 62 valence electrons. The lowest BCUT2D eigenvalue weighted by molar-refractivity contribution is 1.40. The minimum Gasteiger partial charge on any atom is -0.0961 e. The first-order valence-electron chi connectivity index (χ1n) is 3.31. The van der Waals surface area contributed by atoms with Gasteiger partial charge in [0.25, 0.3) is 0 Å². The molecule has 0 saturated heterocycles. The maximum atomic E-state index is 5.88. The zero-order chi connectivity index (χ0) is 9.02. The van der Waals surface area contributed by atoms with Gasteiger partial charge in [-0.25, -0.2) is 0 Å². The van der Waals surface area contributed by atoms with Crippen LogP contribution >= 0.6 is 23.2 Å². The lowest BCUT2D eigenvalue weighted by atomic mass is 10.2. The predicted molar refractivity (Wildman–Crippen MR) is 53.0 cm³/mol. The average Bonchev–Trinajstić information content (AvgIpc) is 1.84. The van der Waals surface area contributed by atoms with Crippen molar-refractivity contribution in [3.8, 4) is 0 Å². The van der Waals surface area contributed by atoms with Crippen LogP contribution in [0.25, 0.3) is 0 Å². The Bertz CT molecular complexity index is 218. The molecule has 0 amide bonds. The van der Waals surface area contributed by atoms with E-state index in [4.69, 9.17) is 23.2 Å². The summed E-state index contributed by atoms with van der Waals surface area (Å²) in [6.45, 7) is 9.29. The zero-order valence-corrected chi connectivity index (χ0v) is 8.55. The molecule has 0 heterocycles. The summed E-state index contributed by atoms with van der Waals surface area (Å²) >= 11 is 11.6. The second-order valence-corrected chi connectivity index (χ2v) is 3.47. The van der Waals surface area contributed by atoms with E-state index in [0.717, 1.165) is 11.1 Å². The fourth-order valence-corrected chi connectivity index (χ4v) is 0.967. The first kappa shape index (κ1) is 10.8. The van der Waals surface area contributed by atoms with Crippen molar-refractivity contribution in [3.63, 3.8) is 0 Å². The van der Waals surface area contributed by atoms with Gasteiger partial charge >= 0.3 is 0 Å². The highest BCUT2D eigenvalue weighted by atomic mass is 35.5. The molecule has 0 aliphatic carbocycles. The molecule has 2 heteroatoms. The number of hydrogen-bond acceptors (Lipinski definition) is 0. The molecule has 0 spiro atoms. The summed E-state index contributed by atoms with van der Waals surface area (Å²) in [7, 11) is 0. The van der Waals surface area contributed by atoms with Gasteiger partial charge in [0, 0.05) is 10.1 Å². The Morgan fingerprint density at radius 3 is 1.91 bits per heavy atom. The third-order valence-electron chi connectivity index (χ3n) is 1.25. The molecular formula is C9H12Cl2. The Morgan fingerprint density at radius 2 is 1.64 bits per heavy atom. The maximum Gasteiger partial charge on any atom is 0.0449 e. The first-order chi connectivity index (χ1) is 4.95. The standard InChI is InChI=1S/C9H12Cl2/c1-6(2)5-9(11)7(3)8(4)10/h5H,1H2,2-4H3. The van der Waals surface area contributed by atoms with E-state index in [1.54, 1.807) is 6.08 Å². The van der Waals surface area contributed by atoms with E-state index in [1.807, 2.05) is 20.8 Å². The van der Waals surface area contributed by atoms with Gasteiger partial charge in [-0.15, -0.1) is 0 Å². The fourth-order valence-electron chi connectivity index (χ4n) is 0.489. The molecule has 0 nitrogen and oxygen atoms in total. The van der Waals surface area contributed by atoms with Crippen molar-refractivity contribution in [3.05, 3.63) is 33.9 Å². The van der Waals surface area contributed by atoms with E-state index in [1.165, 1.54) is 0 Å². The van der Waals surface area contributed by atoms with Crippen LogP contribution in [0.15, 0.2) is 33.9 Å². The third-order valence-corrected chi connectivity index (χ3v) is 1.92. The van der Waals surface area contributed by atoms with Crippen molar-refractivity contribution < 1.29 is 0 Å². The lowest BCUT2D eigenvalue weighted by Gasteiger charge is -1.99. The van der Waals surface area contributed by atoms with Crippen LogP contribution < -0.4 is 0 Å². The Hall–Kier alpha value is -0.200. The van der Waals surface area contributed by atoms with Crippen LogP contribution in [-0.2, 0) is 0 Å². The normalized spacial score (nSPS) is 14.5. The molecule has 11 heavy (non-hydrogen) atoms. The molecule has 0 rings (SSSR count). The summed E-state index contributed by atoms with van der Waals surface area (Å²) < 4.78 is 0. The Morgan fingerprint density at radius 1 is 1.18 bits per heavy atom. The highest BCUT2D eigenvalue weighted by Crippen LogP contribution is 2.21. The van der Waals surface area contributed by atoms with Crippen LogP contribution in [0.1, 0.15) is 20.8 Å². The van der Waals surface area contributed by atoms with Gasteiger partial charge in [-0.05, 0) is 32.4 Å². The van der Waals surface area contributed by atoms with Gasteiger partial charge in [-0.3, -0.25) is 0 Å². The van der Waals surface area contributed by atoms with Gasteiger partial charge < -0.3 is 0 Å². The smallest absolute Gasteiger partial charge is 0.0449 e. The van der Waals surface area contributed by atoms with Crippen LogP contribution in [0.4, 0.5) is 0 Å². The molecule has 0 unspecified atom stereocenters. The predicted octanol–water partition coefficient (Wildman–Crippen LogP) is 4.22.